The first-order valence-electron chi connectivity index (χ1n) is 7.72. The fourth-order valence-electron chi connectivity index (χ4n) is 2.90. The molecule has 0 spiro atoms. The van der Waals surface area contributed by atoms with Gasteiger partial charge in [-0.3, -0.25) is 4.68 Å². The molecule has 0 saturated heterocycles. The highest BCUT2D eigenvalue weighted by Crippen LogP contribution is 2.36. The number of aryl methyl sites for hydroxylation is 1. The third kappa shape index (κ3) is 3.30. The predicted octanol–water partition coefficient (Wildman–Crippen LogP) is 2.73. The van der Waals surface area contributed by atoms with E-state index >= 15 is 0 Å². The van der Waals surface area contributed by atoms with Crippen LogP contribution in [0.1, 0.15) is 42.9 Å². The second-order valence-corrected chi connectivity index (χ2v) is 6.06. The first-order valence-corrected chi connectivity index (χ1v) is 7.72. The Kier molecular flexibility index (Phi) is 4.13. The lowest BCUT2D eigenvalue weighted by atomic mass is 9.76. The molecule has 3 rings (SSSR count). The Hall–Kier alpha value is -2.30. The van der Waals surface area contributed by atoms with Crippen LogP contribution in [0, 0.1) is 0 Å². The van der Waals surface area contributed by atoms with E-state index in [1.165, 1.54) is 5.56 Å². The van der Waals surface area contributed by atoms with Crippen molar-refractivity contribution in [3.8, 4) is 0 Å². The molecule has 116 valence electrons. The van der Waals surface area contributed by atoms with E-state index in [2.05, 4.69) is 40.0 Å². The molecule has 1 saturated carbocycles. The van der Waals surface area contributed by atoms with Crippen LogP contribution in [-0.4, -0.2) is 21.9 Å². The minimum absolute atomic E-state index is 0.0429. The smallest absolute Gasteiger partial charge is 0.315 e. The number of carbonyl (C=O) groups is 1. The summed E-state index contributed by atoms with van der Waals surface area (Å²) in [5.74, 6) is 0.572. The average Bonchev–Trinajstić information content (AvgIpc) is 2.90. The van der Waals surface area contributed by atoms with Crippen molar-refractivity contribution < 1.29 is 4.79 Å². The number of rotatable bonds is 4. The zero-order chi connectivity index (χ0) is 15.5. The molecule has 0 unspecified atom stereocenters. The number of hydrogen-bond donors (Lipinski definition) is 2. The molecule has 1 fully saturated rings. The Morgan fingerprint density at radius 2 is 2.05 bits per heavy atom. The van der Waals surface area contributed by atoms with E-state index in [0.29, 0.717) is 5.92 Å². The third-order valence-corrected chi connectivity index (χ3v) is 4.32. The number of aromatic nitrogens is 2. The van der Waals surface area contributed by atoms with Crippen LogP contribution in [0.2, 0.25) is 0 Å². The van der Waals surface area contributed by atoms with E-state index in [1.54, 1.807) is 10.9 Å². The molecule has 2 aromatic rings. The van der Waals surface area contributed by atoms with E-state index < -0.39 is 0 Å². The molecule has 5 nitrogen and oxygen atoms in total. The molecular formula is C17H22N4O. The first kappa shape index (κ1) is 14.6. The molecule has 5 heteroatoms. The van der Waals surface area contributed by atoms with Crippen LogP contribution in [0.25, 0.3) is 0 Å². The van der Waals surface area contributed by atoms with Crippen molar-refractivity contribution in [2.75, 3.05) is 0 Å². The topological polar surface area (TPSA) is 59.0 Å². The number of benzene rings is 1. The molecule has 1 aliphatic carbocycles. The van der Waals surface area contributed by atoms with Crippen LogP contribution >= 0.6 is 0 Å². The van der Waals surface area contributed by atoms with Gasteiger partial charge in [0.2, 0.25) is 0 Å². The van der Waals surface area contributed by atoms with Gasteiger partial charge in [0, 0.05) is 24.8 Å². The lowest BCUT2D eigenvalue weighted by molar-refractivity contribution is 0.220. The minimum Gasteiger partial charge on any atom is -0.335 e. The Balaban J connectivity index is 1.44. The summed E-state index contributed by atoms with van der Waals surface area (Å²) < 4.78 is 1.74. The molecule has 1 aromatic heterocycles. The van der Waals surface area contributed by atoms with Crippen LogP contribution < -0.4 is 10.6 Å². The summed E-state index contributed by atoms with van der Waals surface area (Å²) in [6.07, 6.45) is 5.72. The number of nitrogens with one attached hydrogen (secondary N) is 2. The molecule has 0 bridgehead atoms. The van der Waals surface area contributed by atoms with Crippen molar-refractivity contribution in [1.82, 2.24) is 20.4 Å². The summed E-state index contributed by atoms with van der Waals surface area (Å²) in [5, 5.41) is 10.1. The maximum atomic E-state index is 12.0. The number of nitrogens with zero attached hydrogens (tertiary/aromatic N) is 2. The number of hydrogen-bond acceptors (Lipinski definition) is 2. The summed E-state index contributed by atoms with van der Waals surface area (Å²) in [7, 11) is 1.87. The van der Waals surface area contributed by atoms with Crippen molar-refractivity contribution in [1.29, 1.82) is 0 Å². The van der Waals surface area contributed by atoms with Crippen molar-refractivity contribution in [3.63, 3.8) is 0 Å². The molecule has 1 aliphatic rings. The fourth-order valence-corrected chi connectivity index (χ4v) is 2.90. The third-order valence-electron chi connectivity index (χ3n) is 4.32. The molecule has 0 radical (unpaired) electrons. The van der Waals surface area contributed by atoms with Gasteiger partial charge < -0.3 is 10.6 Å². The van der Waals surface area contributed by atoms with Crippen LogP contribution in [-0.2, 0) is 7.05 Å². The van der Waals surface area contributed by atoms with Gasteiger partial charge in [-0.15, -0.1) is 0 Å². The van der Waals surface area contributed by atoms with Gasteiger partial charge in [-0.25, -0.2) is 4.79 Å². The summed E-state index contributed by atoms with van der Waals surface area (Å²) in [5.41, 5.74) is 2.37. The number of amides is 2. The maximum absolute atomic E-state index is 12.0. The first-order chi connectivity index (χ1) is 10.6. The highest BCUT2D eigenvalue weighted by molar-refractivity contribution is 5.74. The Bertz CT molecular complexity index is 631. The largest absolute Gasteiger partial charge is 0.335 e. The fraction of sp³-hybridized carbons (Fsp3) is 0.412. The van der Waals surface area contributed by atoms with E-state index in [4.69, 9.17) is 0 Å². The summed E-state index contributed by atoms with van der Waals surface area (Å²) in [6.45, 7) is 1.96. The highest BCUT2D eigenvalue weighted by atomic mass is 16.2. The van der Waals surface area contributed by atoms with E-state index in [1.807, 2.05) is 26.2 Å². The van der Waals surface area contributed by atoms with Crippen LogP contribution in [0.4, 0.5) is 4.79 Å². The molecule has 22 heavy (non-hydrogen) atoms. The van der Waals surface area contributed by atoms with Gasteiger partial charge in [-0.1, -0.05) is 30.3 Å². The molecule has 1 heterocycles. The van der Waals surface area contributed by atoms with Crippen molar-refractivity contribution in [3.05, 3.63) is 53.9 Å². The molecule has 2 amide bonds. The van der Waals surface area contributed by atoms with Gasteiger partial charge in [0.25, 0.3) is 0 Å². The second kappa shape index (κ2) is 6.22. The van der Waals surface area contributed by atoms with Crippen LogP contribution in [0.15, 0.2) is 42.7 Å². The van der Waals surface area contributed by atoms with Crippen LogP contribution in [0.3, 0.4) is 0 Å². The normalized spacial score (nSPS) is 21.7. The molecule has 1 aromatic carbocycles. The summed E-state index contributed by atoms with van der Waals surface area (Å²) in [6, 6.07) is 10.6. The Morgan fingerprint density at radius 3 is 2.68 bits per heavy atom. The highest BCUT2D eigenvalue weighted by Gasteiger charge is 2.31. The SMILES string of the molecule is C[C@@H](NC(=O)NC1CC(c2ccccc2)C1)c1cnn(C)c1. The quantitative estimate of drug-likeness (QED) is 0.912. The van der Waals surface area contributed by atoms with Crippen molar-refractivity contribution >= 4 is 6.03 Å². The van der Waals surface area contributed by atoms with E-state index in [0.717, 1.165) is 18.4 Å². The zero-order valence-electron chi connectivity index (χ0n) is 13.0. The predicted molar refractivity (Wildman–Crippen MR) is 85.5 cm³/mol. The van der Waals surface area contributed by atoms with Crippen molar-refractivity contribution in [2.24, 2.45) is 7.05 Å². The van der Waals surface area contributed by atoms with Crippen LogP contribution in [0.5, 0.6) is 0 Å². The van der Waals surface area contributed by atoms with Gasteiger partial charge in [0.1, 0.15) is 0 Å². The van der Waals surface area contributed by atoms with Gasteiger partial charge >= 0.3 is 6.03 Å². The van der Waals surface area contributed by atoms with Gasteiger partial charge in [0.15, 0.2) is 0 Å². The van der Waals surface area contributed by atoms with E-state index in [-0.39, 0.29) is 18.1 Å². The summed E-state index contributed by atoms with van der Waals surface area (Å²) >= 11 is 0. The zero-order valence-corrected chi connectivity index (χ0v) is 13.0. The average molecular weight is 298 g/mol. The Labute approximate surface area is 130 Å². The number of carbonyl (C=O) groups excluding carboxylic acids is 1. The monoisotopic (exact) mass is 298 g/mol. The standard InChI is InChI=1S/C17H22N4O/c1-12(15-10-18-21(2)11-15)19-17(22)20-16-8-14(9-16)13-6-4-3-5-7-13/h3-7,10-12,14,16H,8-9H2,1-2H3,(H2,19,20,22)/t12-,14?,16?/m1/s1. The van der Waals surface area contributed by atoms with Gasteiger partial charge in [0.05, 0.1) is 12.2 Å². The lowest BCUT2D eigenvalue weighted by Crippen LogP contribution is -2.48. The number of urea groups is 1. The van der Waals surface area contributed by atoms with E-state index in [9.17, 15) is 4.79 Å². The minimum atomic E-state index is -0.104. The van der Waals surface area contributed by atoms with Gasteiger partial charge in [-0.05, 0) is 31.2 Å². The lowest BCUT2D eigenvalue weighted by Gasteiger charge is -2.36. The van der Waals surface area contributed by atoms with Gasteiger partial charge in [-0.2, -0.15) is 5.10 Å². The second-order valence-electron chi connectivity index (χ2n) is 6.06. The molecule has 0 aliphatic heterocycles. The maximum Gasteiger partial charge on any atom is 0.315 e. The summed E-state index contributed by atoms with van der Waals surface area (Å²) in [4.78, 5) is 12.0. The molecule has 1 atom stereocenters. The van der Waals surface area contributed by atoms with Crippen molar-refractivity contribution in [2.45, 2.75) is 37.8 Å². The molecule has 2 N–H and O–H groups in total. The molecular weight excluding hydrogens is 276 g/mol. The Morgan fingerprint density at radius 1 is 1.32 bits per heavy atom.